The van der Waals surface area contributed by atoms with E-state index in [2.05, 4.69) is 33.7 Å². The number of hydrogen-bond donors (Lipinski definition) is 1. The molecule has 4 heteroatoms. The van der Waals surface area contributed by atoms with Gasteiger partial charge in [0.2, 0.25) is 0 Å². The van der Waals surface area contributed by atoms with Crippen LogP contribution in [-0.2, 0) is 0 Å². The second-order valence-corrected chi connectivity index (χ2v) is 5.48. The van der Waals surface area contributed by atoms with Gasteiger partial charge in [-0.1, -0.05) is 12.8 Å². The predicted molar refractivity (Wildman–Crippen MR) is 67.8 cm³/mol. The highest BCUT2D eigenvalue weighted by atomic mass is 32.1. The second-order valence-electron chi connectivity index (χ2n) is 4.59. The van der Waals surface area contributed by atoms with E-state index < -0.39 is 0 Å². The molecule has 0 saturated heterocycles. The molecule has 0 aliphatic heterocycles. The largest absolute Gasteiger partial charge is 0.367 e. The Morgan fingerprint density at radius 2 is 2.38 bits per heavy atom. The Labute approximate surface area is 98.9 Å². The van der Waals surface area contributed by atoms with Crippen molar-refractivity contribution in [2.75, 3.05) is 5.32 Å². The van der Waals surface area contributed by atoms with Crippen molar-refractivity contribution in [1.82, 2.24) is 9.97 Å². The van der Waals surface area contributed by atoms with Gasteiger partial charge in [-0.15, -0.1) is 11.3 Å². The molecule has 1 unspecified atom stereocenters. The van der Waals surface area contributed by atoms with Crippen LogP contribution in [0.4, 0.5) is 5.82 Å². The fourth-order valence-corrected chi connectivity index (χ4v) is 2.78. The topological polar surface area (TPSA) is 37.8 Å². The summed E-state index contributed by atoms with van der Waals surface area (Å²) < 4.78 is 0. The summed E-state index contributed by atoms with van der Waals surface area (Å²) in [5.74, 6) is 1.93. The molecule has 0 spiro atoms. The van der Waals surface area contributed by atoms with E-state index in [0.717, 1.165) is 22.0 Å². The zero-order chi connectivity index (χ0) is 11.0. The Kier molecular flexibility index (Phi) is 2.52. The summed E-state index contributed by atoms with van der Waals surface area (Å²) in [7, 11) is 0. The monoisotopic (exact) mass is 233 g/mol. The van der Waals surface area contributed by atoms with Gasteiger partial charge in [-0.2, -0.15) is 0 Å². The van der Waals surface area contributed by atoms with Gasteiger partial charge in [-0.25, -0.2) is 9.97 Å². The van der Waals surface area contributed by atoms with E-state index in [1.807, 2.05) is 0 Å². The molecular weight excluding hydrogens is 218 g/mol. The van der Waals surface area contributed by atoms with E-state index in [4.69, 9.17) is 0 Å². The van der Waals surface area contributed by atoms with Gasteiger partial charge in [0.05, 0.1) is 5.39 Å². The first-order chi connectivity index (χ1) is 7.83. The molecule has 0 radical (unpaired) electrons. The molecule has 0 bridgehead atoms. The smallest absolute Gasteiger partial charge is 0.138 e. The summed E-state index contributed by atoms with van der Waals surface area (Å²) in [5.41, 5.74) is 0. The molecular formula is C12H15N3S. The van der Waals surface area contributed by atoms with Crippen molar-refractivity contribution >= 4 is 27.4 Å². The van der Waals surface area contributed by atoms with E-state index in [0.29, 0.717) is 6.04 Å². The van der Waals surface area contributed by atoms with Crippen molar-refractivity contribution in [3.05, 3.63) is 17.8 Å². The van der Waals surface area contributed by atoms with Crippen LogP contribution >= 0.6 is 11.3 Å². The van der Waals surface area contributed by atoms with Crippen molar-refractivity contribution in [3.8, 4) is 0 Å². The normalized spacial score (nSPS) is 17.6. The molecule has 0 aromatic carbocycles. The zero-order valence-corrected chi connectivity index (χ0v) is 10.1. The molecule has 1 saturated carbocycles. The standard InChI is InChI=1S/C12H15N3S/c1-8(6-9-2-3-9)15-11-10-4-5-16-12(10)14-7-13-11/h4-5,7-9H,2-3,6H2,1H3,(H,13,14,15). The second kappa shape index (κ2) is 4.01. The molecule has 1 atom stereocenters. The highest BCUT2D eigenvalue weighted by Gasteiger charge is 2.23. The van der Waals surface area contributed by atoms with Crippen molar-refractivity contribution in [2.45, 2.75) is 32.2 Å². The minimum Gasteiger partial charge on any atom is -0.367 e. The molecule has 1 aliphatic carbocycles. The summed E-state index contributed by atoms with van der Waals surface area (Å²) in [5, 5.41) is 6.71. The van der Waals surface area contributed by atoms with Crippen LogP contribution < -0.4 is 5.32 Å². The van der Waals surface area contributed by atoms with E-state index in [9.17, 15) is 0 Å². The Bertz CT molecular complexity index is 490. The number of nitrogens with one attached hydrogen (secondary N) is 1. The molecule has 84 valence electrons. The zero-order valence-electron chi connectivity index (χ0n) is 9.31. The molecule has 3 nitrogen and oxygen atoms in total. The highest BCUT2D eigenvalue weighted by Crippen LogP contribution is 2.34. The van der Waals surface area contributed by atoms with E-state index in [1.165, 1.54) is 19.3 Å². The van der Waals surface area contributed by atoms with Crippen LogP contribution in [0.5, 0.6) is 0 Å². The molecule has 1 N–H and O–H groups in total. The Hall–Kier alpha value is -1.16. The van der Waals surface area contributed by atoms with Gasteiger partial charge in [0.1, 0.15) is 17.0 Å². The van der Waals surface area contributed by atoms with Gasteiger partial charge in [0.25, 0.3) is 0 Å². The Morgan fingerprint density at radius 1 is 1.50 bits per heavy atom. The van der Waals surface area contributed by atoms with Crippen LogP contribution in [0.2, 0.25) is 0 Å². The summed E-state index contributed by atoms with van der Waals surface area (Å²) >= 11 is 1.66. The van der Waals surface area contributed by atoms with Gasteiger partial charge >= 0.3 is 0 Å². The van der Waals surface area contributed by atoms with Crippen molar-refractivity contribution in [1.29, 1.82) is 0 Å². The first kappa shape index (κ1) is 10.0. The maximum Gasteiger partial charge on any atom is 0.138 e. The number of nitrogens with zero attached hydrogens (tertiary/aromatic N) is 2. The number of thiophene rings is 1. The average molecular weight is 233 g/mol. The van der Waals surface area contributed by atoms with Gasteiger partial charge in [0.15, 0.2) is 0 Å². The van der Waals surface area contributed by atoms with Crippen molar-refractivity contribution in [2.24, 2.45) is 5.92 Å². The third-order valence-electron chi connectivity index (χ3n) is 3.03. The maximum atomic E-state index is 4.33. The van der Waals surface area contributed by atoms with Gasteiger partial charge < -0.3 is 5.32 Å². The third-order valence-corrected chi connectivity index (χ3v) is 3.85. The molecule has 1 aliphatic rings. The summed E-state index contributed by atoms with van der Waals surface area (Å²) in [6.45, 7) is 2.23. The number of hydrogen-bond acceptors (Lipinski definition) is 4. The van der Waals surface area contributed by atoms with Crippen molar-refractivity contribution < 1.29 is 0 Å². The molecule has 2 aromatic heterocycles. The lowest BCUT2D eigenvalue weighted by atomic mass is 10.1. The van der Waals surface area contributed by atoms with Crippen LogP contribution in [-0.4, -0.2) is 16.0 Å². The molecule has 16 heavy (non-hydrogen) atoms. The number of fused-ring (bicyclic) bond motifs is 1. The van der Waals surface area contributed by atoms with Crippen LogP contribution in [0.3, 0.4) is 0 Å². The van der Waals surface area contributed by atoms with Gasteiger partial charge in [-0.05, 0) is 30.7 Å². The van der Waals surface area contributed by atoms with Gasteiger partial charge in [0, 0.05) is 6.04 Å². The minimum absolute atomic E-state index is 0.505. The fourth-order valence-electron chi connectivity index (χ4n) is 2.05. The minimum atomic E-state index is 0.505. The fraction of sp³-hybridized carbons (Fsp3) is 0.500. The van der Waals surface area contributed by atoms with Crippen LogP contribution in [0.15, 0.2) is 17.8 Å². The van der Waals surface area contributed by atoms with Gasteiger partial charge in [-0.3, -0.25) is 0 Å². The SMILES string of the molecule is CC(CC1CC1)Nc1ncnc2sccc12. The predicted octanol–water partition coefficient (Wildman–Crippen LogP) is 3.29. The van der Waals surface area contributed by atoms with Crippen molar-refractivity contribution in [3.63, 3.8) is 0 Å². The third kappa shape index (κ3) is 2.02. The summed E-state index contributed by atoms with van der Waals surface area (Å²) in [4.78, 5) is 9.65. The molecule has 2 heterocycles. The lowest BCUT2D eigenvalue weighted by Gasteiger charge is -2.14. The first-order valence-electron chi connectivity index (χ1n) is 5.77. The molecule has 0 amide bonds. The maximum absolute atomic E-state index is 4.33. The Morgan fingerprint density at radius 3 is 3.19 bits per heavy atom. The number of aromatic nitrogens is 2. The molecule has 2 aromatic rings. The Balaban J connectivity index is 1.79. The average Bonchev–Trinajstić information content (AvgIpc) is 2.94. The molecule has 1 fully saturated rings. The van der Waals surface area contributed by atoms with E-state index >= 15 is 0 Å². The first-order valence-corrected chi connectivity index (χ1v) is 6.65. The number of anilines is 1. The van der Waals surface area contributed by atoms with Crippen LogP contribution in [0.25, 0.3) is 10.2 Å². The lowest BCUT2D eigenvalue weighted by Crippen LogP contribution is -2.16. The quantitative estimate of drug-likeness (QED) is 0.880. The van der Waals surface area contributed by atoms with Crippen LogP contribution in [0.1, 0.15) is 26.2 Å². The highest BCUT2D eigenvalue weighted by molar-refractivity contribution is 7.16. The number of rotatable bonds is 4. The van der Waals surface area contributed by atoms with E-state index in [-0.39, 0.29) is 0 Å². The van der Waals surface area contributed by atoms with E-state index in [1.54, 1.807) is 17.7 Å². The summed E-state index contributed by atoms with van der Waals surface area (Å²) in [6, 6.07) is 2.59. The molecule has 3 rings (SSSR count). The summed E-state index contributed by atoms with van der Waals surface area (Å²) in [6.07, 6.45) is 5.72. The van der Waals surface area contributed by atoms with Crippen LogP contribution in [0, 0.1) is 5.92 Å². The lowest BCUT2D eigenvalue weighted by molar-refractivity contribution is 0.640.